The van der Waals surface area contributed by atoms with Gasteiger partial charge in [0, 0.05) is 13.6 Å². The van der Waals surface area contributed by atoms with Crippen molar-refractivity contribution in [1.29, 1.82) is 0 Å². The monoisotopic (exact) mass is 334 g/mol. The van der Waals surface area contributed by atoms with Gasteiger partial charge in [-0.05, 0) is 76.4 Å². The molecular weight excluding hydrogens is 303 g/mol. The van der Waals surface area contributed by atoms with E-state index in [-0.39, 0.29) is 11.9 Å². The fraction of sp³-hybridized carbons (Fsp3) is 0.632. The number of hydrogen-bond acceptors (Lipinski definition) is 2. The van der Waals surface area contributed by atoms with Crippen LogP contribution in [0.4, 0.5) is 4.39 Å². The highest BCUT2D eigenvalue weighted by Gasteiger charge is 2.11. The summed E-state index contributed by atoms with van der Waals surface area (Å²) >= 11 is 0. The predicted octanol–water partition coefficient (Wildman–Crippen LogP) is 3.24. The van der Waals surface area contributed by atoms with E-state index in [0.717, 1.165) is 24.5 Å². The molecule has 1 saturated heterocycles. The van der Waals surface area contributed by atoms with Crippen molar-refractivity contribution in [3.63, 3.8) is 0 Å². The number of hydrogen-bond donors (Lipinski definition) is 2. The van der Waals surface area contributed by atoms with E-state index in [1.165, 1.54) is 38.9 Å². The molecule has 0 aromatic heterocycles. The summed E-state index contributed by atoms with van der Waals surface area (Å²) in [4.78, 5) is 6.80. The molecule has 0 aliphatic carbocycles. The Morgan fingerprint density at radius 2 is 2.04 bits per heavy atom. The summed E-state index contributed by atoms with van der Waals surface area (Å²) in [6.07, 6.45) is 5.05. The summed E-state index contributed by atoms with van der Waals surface area (Å²) in [7, 11) is 1.77. The first-order valence-corrected chi connectivity index (χ1v) is 9.05. The fourth-order valence-electron chi connectivity index (χ4n) is 3.03. The Bertz CT molecular complexity index is 538. The van der Waals surface area contributed by atoms with E-state index in [1.807, 2.05) is 19.1 Å². The maximum Gasteiger partial charge on any atom is 0.191 e. The third kappa shape index (κ3) is 5.78. The van der Waals surface area contributed by atoms with E-state index >= 15 is 0 Å². The first-order valence-electron chi connectivity index (χ1n) is 9.05. The van der Waals surface area contributed by atoms with Crippen molar-refractivity contribution in [2.24, 2.45) is 4.99 Å². The minimum Gasteiger partial charge on any atom is -0.356 e. The lowest BCUT2D eigenvalue weighted by molar-refractivity contribution is 0.330. The van der Waals surface area contributed by atoms with Crippen LogP contribution in [0.25, 0.3) is 0 Å². The number of guanidine groups is 1. The summed E-state index contributed by atoms with van der Waals surface area (Å²) in [5, 5.41) is 6.67. The second kappa shape index (κ2) is 9.62. The van der Waals surface area contributed by atoms with Gasteiger partial charge in [-0.1, -0.05) is 12.1 Å². The SMILES string of the molecule is CN=C(NCCCCN1CCCC1)NC(C)c1ccc(C)c(F)c1. The van der Waals surface area contributed by atoms with Crippen LogP contribution in [0, 0.1) is 12.7 Å². The molecule has 0 spiro atoms. The maximum absolute atomic E-state index is 13.7. The number of benzene rings is 1. The van der Waals surface area contributed by atoms with Crippen molar-refractivity contribution in [2.75, 3.05) is 33.2 Å². The quantitative estimate of drug-likeness (QED) is 0.457. The fourth-order valence-corrected chi connectivity index (χ4v) is 3.03. The lowest BCUT2D eigenvalue weighted by atomic mass is 10.1. The molecule has 1 aromatic rings. The highest BCUT2D eigenvalue weighted by Crippen LogP contribution is 2.16. The van der Waals surface area contributed by atoms with E-state index < -0.39 is 0 Å². The minimum absolute atomic E-state index is 0.0101. The number of aryl methyl sites for hydroxylation is 1. The van der Waals surface area contributed by atoms with Gasteiger partial charge in [-0.15, -0.1) is 0 Å². The molecule has 1 unspecified atom stereocenters. The van der Waals surface area contributed by atoms with Gasteiger partial charge in [0.1, 0.15) is 5.82 Å². The first-order chi connectivity index (χ1) is 11.6. The molecule has 1 fully saturated rings. The first kappa shape index (κ1) is 18.7. The molecule has 4 nitrogen and oxygen atoms in total. The van der Waals surface area contributed by atoms with E-state index in [4.69, 9.17) is 0 Å². The van der Waals surface area contributed by atoms with Crippen molar-refractivity contribution < 1.29 is 4.39 Å². The van der Waals surface area contributed by atoms with E-state index in [9.17, 15) is 4.39 Å². The molecule has 24 heavy (non-hydrogen) atoms. The van der Waals surface area contributed by atoms with E-state index in [2.05, 4.69) is 20.5 Å². The van der Waals surface area contributed by atoms with Gasteiger partial charge in [0.2, 0.25) is 0 Å². The van der Waals surface area contributed by atoms with Crippen LogP contribution in [-0.2, 0) is 0 Å². The van der Waals surface area contributed by atoms with Gasteiger partial charge in [0.15, 0.2) is 5.96 Å². The number of likely N-dealkylation sites (tertiary alicyclic amines) is 1. The molecule has 5 heteroatoms. The molecule has 2 N–H and O–H groups in total. The molecule has 1 aromatic carbocycles. The Hall–Kier alpha value is -1.62. The second-order valence-electron chi connectivity index (χ2n) is 6.63. The van der Waals surface area contributed by atoms with Crippen molar-refractivity contribution in [1.82, 2.24) is 15.5 Å². The van der Waals surface area contributed by atoms with Crippen LogP contribution in [0.15, 0.2) is 23.2 Å². The number of aliphatic imine (C=N–C) groups is 1. The highest BCUT2D eigenvalue weighted by molar-refractivity contribution is 5.80. The minimum atomic E-state index is -0.161. The van der Waals surface area contributed by atoms with Crippen molar-refractivity contribution in [3.05, 3.63) is 35.1 Å². The Balaban J connectivity index is 1.70. The number of nitrogens with one attached hydrogen (secondary N) is 2. The van der Waals surface area contributed by atoms with Gasteiger partial charge < -0.3 is 15.5 Å². The zero-order valence-electron chi connectivity index (χ0n) is 15.2. The summed E-state index contributed by atoms with van der Waals surface area (Å²) < 4.78 is 13.7. The summed E-state index contributed by atoms with van der Waals surface area (Å²) in [6.45, 7) is 8.43. The standard InChI is InChI=1S/C19H31FN4/c1-15-8-9-17(14-18(15)20)16(2)23-19(21-3)22-10-4-5-11-24-12-6-7-13-24/h8-9,14,16H,4-7,10-13H2,1-3H3,(H2,21,22,23). The van der Waals surface area contributed by atoms with Crippen molar-refractivity contribution in [3.8, 4) is 0 Å². The highest BCUT2D eigenvalue weighted by atomic mass is 19.1. The molecule has 0 bridgehead atoms. The van der Waals surface area contributed by atoms with Crippen LogP contribution in [0.5, 0.6) is 0 Å². The summed E-state index contributed by atoms with van der Waals surface area (Å²) in [5.74, 6) is 0.607. The van der Waals surface area contributed by atoms with Gasteiger partial charge in [0.05, 0.1) is 6.04 Å². The predicted molar refractivity (Wildman–Crippen MR) is 99.0 cm³/mol. The zero-order chi connectivity index (χ0) is 17.4. The molecule has 134 valence electrons. The number of unbranched alkanes of at least 4 members (excludes halogenated alkanes) is 1. The summed E-state index contributed by atoms with van der Waals surface area (Å²) in [5.41, 5.74) is 1.60. The summed E-state index contributed by atoms with van der Waals surface area (Å²) in [6, 6.07) is 5.38. The van der Waals surface area contributed by atoms with Crippen LogP contribution >= 0.6 is 0 Å². The van der Waals surface area contributed by atoms with Crippen LogP contribution in [0.1, 0.15) is 49.8 Å². The molecule has 0 radical (unpaired) electrons. The molecule has 1 aliphatic rings. The molecular formula is C19H31FN4. The molecule has 0 saturated carbocycles. The van der Waals surface area contributed by atoms with E-state index in [1.54, 1.807) is 20.0 Å². The molecule has 0 amide bonds. The average molecular weight is 334 g/mol. The molecule has 1 atom stereocenters. The Labute approximate surface area is 145 Å². The van der Waals surface area contributed by atoms with Crippen LogP contribution in [-0.4, -0.2) is 44.1 Å². The van der Waals surface area contributed by atoms with Crippen LogP contribution in [0.2, 0.25) is 0 Å². The molecule has 2 rings (SSSR count). The topological polar surface area (TPSA) is 39.7 Å². The van der Waals surface area contributed by atoms with Crippen LogP contribution < -0.4 is 10.6 Å². The van der Waals surface area contributed by atoms with Gasteiger partial charge >= 0.3 is 0 Å². The van der Waals surface area contributed by atoms with Gasteiger partial charge in [0.25, 0.3) is 0 Å². The lowest BCUT2D eigenvalue weighted by Gasteiger charge is -2.19. The van der Waals surface area contributed by atoms with Gasteiger partial charge in [-0.25, -0.2) is 4.39 Å². The Kier molecular flexibility index (Phi) is 7.50. The van der Waals surface area contributed by atoms with Crippen molar-refractivity contribution in [2.45, 2.75) is 45.6 Å². The largest absolute Gasteiger partial charge is 0.356 e. The molecule has 1 aliphatic heterocycles. The number of nitrogens with zero attached hydrogens (tertiary/aromatic N) is 2. The Morgan fingerprint density at radius 3 is 2.71 bits per heavy atom. The normalized spacial score (nSPS) is 17.1. The van der Waals surface area contributed by atoms with Crippen LogP contribution in [0.3, 0.4) is 0 Å². The van der Waals surface area contributed by atoms with E-state index in [0.29, 0.717) is 5.56 Å². The third-order valence-electron chi connectivity index (χ3n) is 4.66. The lowest BCUT2D eigenvalue weighted by Crippen LogP contribution is -2.39. The van der Waals surface area contributed by atoms with Crippen molar-refractivity contribution >= 4 is 5.96 Å². The Morgan fingerprint density at radius 1 is 1.29 bits per heavy atom. The van der Waals surface area contributed by atoms with Gasteiger partial charge in [-0.3, -0.25) is 4.99 Å². The zero-order valence-corrected chi connectivity index (χ0v) is 15.2. The average Bonchev–Trinajstić information content (AvgIpc) is 3.09. The second-order valence-corrected chi connectivity index (χ2v) is 6.63. The van der Waals surface area contributed by atoms with Gasteiger partial charge in [-0.2, -0.15) is 0 Å². The molecule has 1 heterocycles. The smallest absolute Gasteiger partial charge is 0.191 e. The third-order valence-corrected chi connectivity index (χ3v) is 4.66. The number of rotatable bonds is 7. The number of halogens is 1. The maximum atomic E-state index is 13.7.